The molecule has 0 bridgehead atoms. The van der Waals surface area contributed by atoms with E-state index in [9.17, 15) is 22.0 Å². The highest BCUT2D eigenvalue weighted by atomic mass is 35.5. The van der Waals surface area contributed by atoms with Crippen LogP contribution in [-0.2, 0) is 21.4 Å². The second-order valence-corrected chi connectivity index (χ2v) is 9.68. The third-order valence-electron chi connectivity index (χ3n) is 4.82. The Bertz CT molecular complexity index is 1330. The quantitative estimate of drug-likeness (QED) is 0.452. The standard InChI is InChI=1S/C23H20ClF2NO6S/c1-27(34(30,31)18-4-5-21(26)20(24)11-18)12-14-3-6-22(33-13-23(28)29)19(7-14)15-8-16(25)10-17(9-15)32-2/h3-11H,12-13H2,1-2H3,(H,28,29). The van der Waals surface area contributed by atoms with E-state index < -0.39 is 34.2 Å². The van der Waals surface area contributed by atoms with Crippen molar-refractivity contribution < 1.29 is 36.6 Å². The van der Waals surface area contributed by atoms with Crippen molar-refractivity contribution in [2.24, 2.45) is 0 Å². The number of nitrogens with zero attached hydrogens (tertiary/aromatic N) is 1. The Labute approximate surface area is 200 Å². The fourth-order valence-corrected chi connectivity index (χ4v) is 4.59. The van der Waals surface area contributed by atoms with Crippen LogP contribution in [0, 0.1) is 11.6 Å². The van der Waals surface area contributed by atoms with Crippen LogP contribution in [0.5, 0.6) is 11.5 Å². The van der Waals surface area contributed by atoms with E-state index in [1.807, 2.05) is 0 Å². The molecule has 0 aliphatic rings. The van der Waals surface area contributed by atoms with Crippen molar-refractivity contribution in [3.8, 4) is 22.6 Å². The van der Waals surface area contributed by atoms with Crippen molar-refractivity contribution in [3.05, 3.63) is 76.8 Å². The lowest BCUT2D eigenvalue weighted by atomic mass is 10.0. The highest BCUT2D eigenvalue weighted by molar-refractivity contribution is 7.89. The molecule has 0 radical (unpaired) electrons. The van der Waals surface area contributed by atoms with Gasteiger partial charge in [0.25, 0.3) is 0 Å². The number of carbonyl (C=O) groups is 1. The first-order chi connectivity index (χ1) is 16.0. The maximum absolute atomic E-state index is 14.1. The van der Waals surface area contributed by atoms with E-state index in [-0.39, 0.29) is 28.0 Å². The molecule has 11 heteroatoms. The van der Waals surface area contributed by atoms with E-state index >= 15 is 0 Å². The van der Waals surface area contributed by atoms with Gasteiger partial charge in [-0.25, -0.2) is 22.0 Å². The highest BCUT2D eigenvalue weighted by Gasteiger charge is 2.23. The number of methoxy groups -OCH3 is 1. The summed E-state index contributed by atoms with van der Waals surface area (Å²) in [5, 5.41) is 8.64. The summed E-state index contributed by atoms with van der Waals surface area (Å²) < 4.78 is 64.9. The minimum Gasteiger partial charge on any atom is -0.497 e. The summed E-state index contributed by atoms with van der Waals surface area (Å²) in [6.45, 7) is -0.728. The van der Waals surface area contributed by atoms with Gasteiger partial charge in [-0.2, -0.15) is 4.31 Å². The smallest absolute Gasteiger partial charge is 0.341 e. The Morgan fingerprint density at radius 1 is 1.09 bits per heavy atom. The number of rotatable bonds is 9. The van der Waals surface area contributed by atoms with E-state index in [1.165, 1.54) is 38.4 Å². The molecule has 0 spiro atoms. The Balaban J connectivity index is 1.99. The molecule has 0 aliphatic heterocycles. The van der Waals surface area contributed by atoms with Gasteiger partial charge in [0.1, 0.15) is 23.1 Å². The molecule has 0 atom stereocenters. The average Bonchev–Trinajstić information content (AvgIpc) is 2.79. The monoisotopic (exact) mass is 511 g/mol. The summed E-state index contributed by atoms with van der Waals surface area (Å²) >= 11 is 5.73. The molecule has 0 saturated carbocycles. The molecule has 0 aliphatic carbocycles. The lowest BCUT2D eigenvalue weighted by molar-refractivity contribution is -0.139. The lowest BCUT2D eigenvalue weighted by Crippen LogP contribution is -2.26. The van der Waals surface area contributed by atoms with Crippen LogP contribution in [0.15, 0.2) is 59.5 Å². The van der Waals surface area contributed by atoms with Crippen LogP contribution in [0.25, 0.3) is 11.1 Å². The SMILES string of the molecule is COc1cc(F)cc(-c2cc(CN(C)S(=O)(=O)c3ccc(F)c(Cl)c3)ccc2OCC(=O)O)c1. The highest BCUT2D eigenvalue weighted by Crippen LogP contribution is 2.34. The van der Waals surface area contributed by atoms with Crippen molar-refractivity contribution in [3.63, 3.8) is 0 Å². The molecule has 0 aromatic heterocycles. The van der Waals surface area contributed by atoms with E-state index in [0.717, 1.165) is 22.5 Å². The molecule has 7 nitrogen and oxygen atoms in total. The van der Waals surface area contributed by atoms with Crippen molar-refractivity contribution >= 4 is 27.6 Å². The van der Waals surface area contributed by atoms with Crippen LogP contribution in [0.1, 0.15) is 5.56 Å². The van der Waals surface area contributed by atoms with E-state index in [1.54, 1.807) is 12.1 Å². The fraction of sp³-hybridized carbons (Fsp3) is 0.174. The maximum Gasteiger partial charge on any atom is 0.341 e. The van der Waals surface area contributed by atoms with E-state index in [2.05, 4.69) is 0 Å². The van der Waals surface area contributed by atoms with Gasteiger partial charge >= 0.3 is 5.97 Å². The summed E-state index contributed by atoms with van der Waals surface area (Å²) in [5.74, 6) is -2.13. The number of carboxylic acids is 1. The number of ether oxygens (including phenoxy) is 2. The number of hydrogen-bond acceptors (Lipinski definition) is 5. The molecule has 3 aromatic carbocycles. The van der Waals surface area contributed by atoms with Gasteiger partial charge in [0.15, 0.2) is 6.61 Å². The Morgan fingerprint density at radius 3 is 2.47 bits per heavy atom. The molecule has 0 fully saturated rings. The molecule has 180 valence electrons. The first-order valence-corrected chi connectivity index (χ1v) is 11.6. The van der Waals surface area contributed by atoms with Gasteiger partial charge in [-0.15, -0.1) is 0 Å². The van der Waals surface area contributed by atoms with Crippen LogP contribution < -0.4 is 9.47 Å². The minimum absolute atomic E-state index is 0.101. The molecule has 0 unspecified atom stereocenters. The number of aliphatic carboxylic acids is 1. The topological polar surface area (TPSA) is 93.1 Å². The zero-order chi connectivity index (χ0) is 25.0. The van der Waals surface area contributed by atoms with Crippen molar-refractivity contribution in [2.45, 2.75) is 11.4 Å². The molecular weight excluding hydrogens is 492 g/mol. The van der Waals surface area contributed by atoms with Crippen LogP contribution >= 0.6 is 11.6 Å². The number of sulfonamides is 1. The number of halogens is 3. The number of hydrogen-bond donors (Lipinski definition) is 1. The molecule has 3 aromatic rings. The van der Waals surface area contributed by atoms with Crippen molar-refractivity contribution in [1.29, 1.82) is 0 Å². The number of carboxylic acid groups (broad SMARTS) is 1. The van der Waals surface area contributed by atoms with Crippen LogP contribution in [0.2, 0.25) is 5.02 Å². The largest absolute Gasteiger partial charge is 0.497 e. The Morgan fingerprint density at radius 2 is 1.82 bits per heavy atom. The van der Waals surface area contributed by atoms with Crippen molar-refractivity contribution in [1.82, 2.24) is 4.31 Å². The fourth-order valence-electron chi connectivity index (χ4n) is 3.16. The third kappa shape index (κ3) is 5.82. The van der Waals surface area contributed by atoms with Gasteiger partial charge in [0, 0.05) is 25.2 Å². The van der Waals surface area contributed by atoms with Crippen molar-refractivity contribution in [2.75, 3.05) is 20.8 Å². The predicted molar refractivity (Wildman–Crippen MR) is 122 cm³/mol. The summed E-state index contributed by atoms with van der Waals surface area (Å²) in [4.78, 5) is 10.8. The van der Waals surface area contributed by atoms with Gasteiger partial charge < -0.3 is 14.6 Å². The second-order valence-electron chi connectivity index (χ2n) is 7.23. The van der Waals surface area contributed by atoms with Gasteiger partial charge in [-0.3, -0.25) is 0 Å². The summed E-state index contributed by atoms with van der Waals surface area (Å²) in [7, 11) is -1.30. The molecule has 3 rings (SSSR count). The van der Waals surface area contributed by atoms with Gasteiger partial charge in [0.05, 0.1) is 17.0 Å². The molecule has 0 amide bonds. The lowest BCUT2D eigenvalue weighted by Gasteiger charge is -2.19. The number of benzene rings is 3. The van der Waals surface area contributed by atoms with Gasteiger partial charge in [-0.1, -0.05) is 17.7 Å². The van der Waals surface area contributed by atoms with Crippen LogP contribution in [-0.4, -0.2) is 44.6 Å². The Hall–Kier alpha value is -3.21. The van der Waals surface area contributed by atoms with E-state index in [4.69, 9.17) is 26.2 Å². The van der Waals surface area contributed by atoms with E-state index in [0.29, 0.717) is 16.7 Å². The zero-order valence-electron chi connectivity index (χ0n) is 18.1. The van der Waals surface area contributed by atoms with Crippen LogP contribution in [0.4, 0.5) is 8.78 Å². The third-order valence-corrected chi connectivity index (χ3v) is 6.91. The normalized spacial score (nSPS) is 11.5. The predicted octanol–water partition coefficient (Wildman–Crippen LogP) is 4.58. The summed E-state index contributed by atoms with van der Waals surface area (Å²) in [6, 6.07) is 11.6. The average molecular weight is 512 g/mol. The molecule has 0 saturated heterocycles. The molecule has 1 N–H and O–H groups in total. The van der Waals surface area contributed by atoms with Gasteiger partial charge in [-0.05, 0) is 53.6 Å². The van der Waals surface area contributed by atoms with Gasteiger partial charge in [0.2, 0.25) is 10.0 Å². The zero-order valence-corrected chi connectivity index (χ0v) is 19.7. The molecule has 34 heavy (non-hydrogen) atoms. The first-order valence-electron chi connectivity index (χ1n) is 9.75. The first kappa shape index (κ1) is 25.4. The Kier molecular flexibility index (Phi) is 7.75. The minimum atomic E-state index is -4.01. The summed E-state index contributed by atoms with van der Waals surface area (Å²) in [6.07, 6.45) is 0. The summed E-state index contributed by atoms with van der Waals surface area (Å²) in [5.41, 5.74) is 1.18. The molecular formula is C23H20ClF2NO6S. The van der Waals surface area contributed by atoms with Crippen LogP contribution in [0.3, 0.4) is 0 Å². The molecule has 0 heterocycles. The maximum atomic E-state index is 14.1. The second kappa shape index (κ2) is 10.4.